The summed E-state index contributed by atoms with van der Waals surface area (Å²) in [4.78, 5) is 10.1. The van der Waals surface area contributed by atoms with Gasteiger partial charge in [0, 0.05) is 18.0 Å². The molecule has 1 aromatic rings. The minimum Gasteiger partial charge on any atom is -0.373 e. The number of hydrazine groups is 1. The molecule has 6 nitrogen and oxygen atoms in total. The van der Waals surface area contributed by atoms with E-state index in [9.17, 15) is 13.2 Å². The highest BCUT2D eigenvalue weighted by molar-refractivity contribution is 5.42. The van der Waals surface area contributed by atoms with Crippen LogP contribution in [0.1, 0.15) is 38.4 Å². The van der Waals surface area contributed by atoms with E-state index in [1.165, 1.54) is 6.33 Å². The maximum atomic E-state index is 14.4. The molecule has 2 aliphatic heterocycles. The van der Waals surface area contributed by atoms with Crippen LogP contribution in [-0.2, 0) is 4.74 Å². The molecule has 1 aromatic heterocycles. The van der Waals surface area contributed by atoms with Gasteiger partial charge in [-0.2, -0.15) is 0 Å². The predicted octanol–water partition coefficient (Wildman–Crippen LogP) is 2.03. The summed E-state index contributed by atoms with van der Waals surface area (Å²) in [5.74, 6) is 0.632. The second kappa shape index (κ2) is 7.52. The number of hydrogen-bond acceptors (Lipinski definition) is 6. The molecule has 0 amide bonds. The third-order valence-corrected chi connectivity index (χ3v) is 5.70. The molecule has 9 heteroatoms. The number of ether oxygens (including phenoxy) is 1. The number of anilines is 1. The summed E-state index contributed by atoms with van der Waals surface area (Å²) in [6.45, 7) is 3.80. The smallest absolute Gasteiger partial charge is 0.150 e. The third kappa shape index (κ3) is 3.77. The fraction of sp³-hybridized carbons (Fsp3) is 0.778. The molecular weight excluding hydrogens is 359 g/mol. The summed E-state index contributed by atoms with van der Waals surface area (Å²) in [5.41, 5.74) is 7.13. The Balaban J connectivity index is 1.51. The highest BCUT2D eigenvalue weighted by Crippen LogP contribution is 2.40. The quantitative estimate of drug-likeness (QED) is 0.827. The fourth-order valence-corrected chi connectivity index (χ4v) is 4.39. The molecule has 3 fully saturated rings. The first-order chi connectivity index (χ1) is 12.9. The first kappa shape index (κ1) is 18.9. The topological polar surface area (TPSA) is 62.3 Å². The van der Waals surface area contributed by atoms with Gasteiger partial charge in [-0.1, -0.05) is 0 Å². The number of rotatable bonds is 4. The van der Waals surface area contributed by atoms with Crippen LogP contribution in [0.25, 0.3) is 0 Å². The molecule has 7 atom stereocenters. The lowest BCUT2D eigenvalue weighted by Gasteiger charge is -2.36. The van der Waals surface area contributed by atoms with Gasteiger partial charge in [0.1, 0.15) is 18.3 Å². The Morgan fingerprint density at radius 3 is 2.52 bits per heavy atom. The SMILES string of the molecule is CC(C)OC1CC2C(CC1F)NNC2c1cc(N2C[C@H](F)[C@@H](F)C2)ncn1. The second-order valence-electron chi connectivity index (χ2n) is 7.99. The van der Waals surface area contributed by atoms with Crippen LogP contribution in [0.5, 0.6) is 0 Å². The minimum atomic E-state index is -1.49. The summed E-state index contributed by atoms with van der Waals surface area (Å²) >= 11 is 0. The minimum absolute atomic E-state index is 0.00610. The molecular formula is C18H26F3N5O. The van der Waals surface area contributed by atoms with Gasteiger partial charge in [0.05, 0.1) is 37.0 Å². The molecule has 27 heavy (non-hydrogen) atoms. The summed E-state index contributed by atoms with van der Waals surface area (Å²) in [6, 6.07) is 1.63. The second-order valence-corrected chi connectivity index (χ2v) is 7.99. The highest BCUT2D eigenvalue weighted by atomic mass is 19.2. The van der Waals surface area contributed by atoms with Crippen molar-refractivity contribution in [2.75, 3.05) is 18.0 Å². The molecule has 4 rings (SSSR count). The molecule has 1 saturated carbocycles. The molecule has 150 valence electrons. The number of fused-ring (bicyclic) bond motifs is 1. The van der Waals surface area contributed by atoms with E-state index >= 15 is 0 Å². The summed E-state index contributed by atoms with van der Waals surface area (Å²) < 4.78 is 47.2. The van der Waals surface area contributed by atoms with Gasteiger partial charge in [0.15, 0.2) is 12.3 Å². The largest absolute Gasteiger partial charge is 0.373 e. The van der Waals surface area contributed by atoms with Crippen LogP contribution in [0, 0.1) is 5.92 Å². The van der Waals surface area contributed by atoms with Gasteiger partial charge in [0.25, 0.3) is 0 Å². The molecule has 3 aliphatic rings. The van der Waals surface area contributed by atoms with Crippen molar-refractivity contribution >= 4 is 5.82 Å². The van der Waals surface area contributed by atoms with Crippen molar-refractivity contribution in [1.82, 2.24) is 20.8 Å². The third-order valence-electron chi connectivity index (χ3n) is 5.70. The molecule has 2 saturated heterocycles. The predicted molar refractivity (Wildman–Crippen MR) is 94.5 cm³/mol. The normalized spacial score (nSPS) is 39.2. The Hall–Kier alpha value is -1.45. The lowest BCUT2D eigenvalue weighted by molar-refractivity contribution is -0.0708. The molecule has 0 spiro atoms. The van der Waals surface area contributed by atoms with Crippen molar-refractivity contribution in [2.24, 2.45) is 5.92 Å². The van der Waals surface area contributed by atoms with Gasteiger partial charge >= 0.3 is 0 Å². The summed E-state index contributed by atoms with van der Waals surface area (Å²) in [5, 5.41) is 0. The van der Waals surface area contributed by atoms with Gasteiger partial charge in [-0.05, 0) is 26.7 Å². The van der Waals surface area contributed by atoms with E-state index in [1.54, 1.807) is 11.0 Å². The average molecular weight is 385 g/mol. The van der Waals surface area contributed by atoms with Gasteiger partial charge in [-0.15, -0.1) is 0 Å². The van der Waals surface area contributed by atoms with Crippen LogP contribution in [0.15, 0.2) is 12.4 Å². The van der Waals surface area contributed by atoms with Gasteiger partial charge in [-0.25, -0.2) is 28.6 Å². The van der Waals surface area contributed by atoms with Crippen molar-refractivity contribution in [1.29, 1.82) is 0 Å². The highest BCUT2D eigenvalue weighted by Gasteiger charge is 2.46. The number of nitrogens with zero attached hydrogens (tertiary/aromatic N) is 3. The molecule has 0 aromatic carbocycles. The molecule has 3 heterocycles. The van der Waals surface area contributed by atoms with Crippen LogP contribution in [-0.4, -0.2) is 59.8 Å². The molecule has 5 unspecified atom stereocenters. The first-order valence-corrected chi connectivity index (χ1v) is 9.58. The van der Waals surface area contributed by atoms with E-state index in [-0.39, 0.29) is 37.2 Å². The standard InChI is InChI=1S/C18H26F3N5O/c1-9(2)27-16-3-10-14(4-11(16)19)24-25-18(10)15-5-17(23-8-22-15)26-6-12(20)13(21)7-26/h5,8-14,16,18,24-25H,3-4,6-7H2,1-2H3/t10?,11?,12-,13-,14?,16?,18?/m0/s1. The van der Waals surface area contributed by atoms with Crippen molar-refractivity contribution in [3.63, 3.8) is 0 Å². The first-order valence-electron chi connectivity index (χ1n) is 9.58. The van der Waals surface area contributed by atoms with E-state index in [2.05, 4.69) is 20.8 Å². The zero-order valence-corrected chi connectivity index (χ0v) is 15.5. The van der Waals surface area contributed by atoms with E-state index in [0.717, 1.165) is 5.69 Å². The Labute approximate surface area is 156 Å². The Bertz CT molecular complexity index is 656. The van der Waals surface area contributed by atoms with Gasteiger partial charge < -0.3 is 9.64 Å². The lowest BCUT2D eigenvalue weighted by Crippen LogP contribution is -2.44. The van der Waals surface area contributed by atoms with Crippen molar-refractivity contribution < 1.29 is 17.9 Å². The monoisotopic (exact) mass is 385 g/mol. The molecule has 1 aliphatic carbocycles. The maximum absolute atomic E-state index is 14.4. The Morgan fingerprint density at radius 2 is 1.81 bits per heavy atom. The number of hydrogen-bond donors (Lipinski definition) is 2. The van der Waals surface area contributed by atoms with Crippen LogP contribution >= 0.6 is 0 Å². The summed E-state index contributed by atoms with van der Waals surface area (Å²) in [6.07, 6.45) is -2.08. The van der Waals surface area contributed by atoms with Gasteiger partial charge in [-0.3, -0.25) is 5.43 Å². The fourth-order valence-electron chi connectivity index (χ4n) is 4.39. The Kier molecular flexibility index (Phi) is 5.26. The molecule has 2 N–H and O–H groups in total. The van der Waals surface area contributed by atoms with Crippen molar-refractivity contribution in [3.8, 4) is 0 Å². The van der Waals surface area contributed by atoms with Crippen molar-refractivity contribution in [3.05, 3.63) is 18.1 Å². The van der Waals surface area contributed by atoms with Crippen LogP contribution in [0.3, 0.4) is 0 Å². The van der Waals surface area contributed by atoms with Crippen molar-refractivity contribution in [2.45, 2.75) is 69.5 Å². The maximum Gasteiger partial charge on any atom is 0.150 e. The number of alkyl halides is 3. The zero-order chi connectivity index (χ0) is 19.1. The number of halogens is 3. The molecule has 0 radical (unpaired) electrons. The zero-order valence-electron chi connectivity index (χ0n) is 15.5. The van der Waals surface area contributed by atoms with E-state index in [4.69, 9.17) is 4.74 Å². The summed E-state index contributed by atoms with van der Waals surface area (Å²) in [7, 11) is 0. The van der Waals surface area contributed by atoms with Crippen LogP contribution in [0.2, 0.25) is 0 Å². The van der Waals surface area contributed by atoms with Crippen LogP contribution in [0.4, 0.5) is 19.0 Å². The van der Waals surface area contributed by atoms with E-state index in [1.807, 2.05) is 13.8 Å². The Morgan fingerprint density at radius 1 is 1.07 bits per heavy atom. The molecule has 0 bridgehead atoms. The lowest BCUT2D eigenvalue weighted by atomic mass is 9.78. The van der Waals surface area contributed by atoms with Gasteiger partial charge in [0.2, 0.25) is 0 Å². The number of aromatic nitrogens is 2. The average Bonchev–Trinajstić information content (AvgIpc) is 3.18. The van der Waals surface area contributed by atoms with E-state index in [0.29, 0.717) is 18.7 Å². The van der Waals surface area contributed by atoms with Crippen LogP contribution < -0.4 is 15.8 Å². The number of nitrogens with one attached hydrogen (secondary N) is 2. The van der Waals surface area contributed by atoms with E-state index < -0.39 is 24.6 Å².